The molecule has 3 amide bonds. The Morgan fingerprint density at radius 1 is 1.10 bits per heavy atom. The number of hydrogen-bond acceptors (Lipinski definition) is 2. The van der Waals surface area contributed by atoms with Crippen LogP contribution in [0.1, 0.15) is 23.1 Å². The summed E-state index contributed by atoms with van der Waals surface area (Å²) in [4.78, 5) is 26.0. The van der Waals surface area contributed by atoms with Gasteiger partial charge in [-0.15, -0.1) is 0 Å². The highest BCUT2D eigenvalue weighted by atomic mass is 19.4. The average molecular weight is 409 g/mol. The van der Waals surface area contributed by atoms with Gasteiger partial charge in [0.05, 0.1) is 11.6 Å². The molecule has 0 aromatic heterocycles. The molecule has 0 aliphatic carbocycles. The summed E-state index contributed by atoms with van der Waals surface area (Å²) in [5, 5.41) is 4.82. The van der Waals surface area contributed by atoms with E-state index in [1.807, 2.05) is 32.0 Å². The number of alkyl halides is 3. The summed E-state index contributed by atoms with van der Waals surface area (Å²) in [5.41, 5.74) is 1.17. The van der Waals surface area contributed by atoms with Crippen molar-refractivity contribution in [2.24, 2.45) is 0 Å². The van der Waals surface area contributed by atoms with Gasteiger partial charge in [0.25, 0.3) is 0 Å². The quantitative estimate of drug-likeness (QED) is 0.739. The van der Waals surface area contributed by atoms with Crippen molar-refractivity contribution in [1.82, 2.24) is 5.32 Å². The number of carbonyl (C=O) groups excluding carboxylic acids is 2. The summed E-state index contributed by atoms with van der Waals surface area (Å²) in [7, 11) is 0. The summed E-state index contributed by atoms with van der Waals surface area (Å²) in [6, 6.07) is 6.52. The van der Waals surface area contributed by atoms with Crippen molar-refractivity contribution in [2.75, 3.05) is 16.8 Å². The molecule has 1 aliphatic heterocycles. The molecule has 1 heterocycles. The van der Waals surface area contributed by atoms with Gasteiger partial charge in [-0.25, -0.2) is 9.18 Å². The Morgan fingerprint density at radius 3 is 2.48 bits per heavy atom. The number of benzene rings is 2. The molecule has 2 aromatic carbocycles. The topological polar surface area (TPSA) is 61.4 Å². The van der Waals surface area contributed by atoms with Crippen LogP contribution in [0.2, 0.25) is 0 Å². The molecule has 2 aromatic rings. The smallest absolute Gasteiger partial charge is 0.333 e. The largest absolute Gasteiger partial charge is 0.419 e. The van der Waals surface area contributed by atoms with Crippen molar-refractivity contribution >= 4 is 23.3 Å². The third-order valence-corrected chi connectivity index (χ3v) is 4.79. The molecule has 5 nitrogen and oxygen atoms in total. The maximum Gasteiger partial charge on any atom is 0.419 e. The third kappa shape index (κ3) is 4.67. The van der Waals surface area contributed by atoms with Gasteiger partial charge >= 0.3 is 12.2 Å². The molecule has 1 atom stereocenters. The lowest BCUT2D eigenvalue weighted by molar-refractivity contribution is -0.139. The van der Waals surface area contributed by atoms with Crippen LogP contribution in [-0.2, 0) is 11.0 Å². The lowest BCUT2D eigenvalue weighted by Crippen LogP contribution is -2.39. The molecule has 2 N–H and O–H groups in total. The number of nitrogens with one attached hydrogen (secondary N) is 2. The van der Waals surface area contributed by atoms with Gasteiger partial charge in [-0.05, 0) is 55.3 Å². The molecule has 9 heteroatoms. The second-order valence-electron chi connectivity index (χ2n) is 6.96. The number of hydrogen-bond donors (Lipinski definition) is 2. The molecular weight excluding hydrogens is 390 g/mol. The summed E-state index contributed by atoms with van der Waals surface area (Å²) < 4.78 is 51.7. The number of halogens is 4. The van der Waals surface area contributed by atoms with E-state index in [9.17, 15) is 27.2 Å². The fourth-order valence-electron chi connectivity index (χ4n) is 3.12. The first kappa shape index (κ1) is 20.6. The highest BCUT2D eigenvalue weighted by Gasteiger charge is 2.35. The maximum atomic E-state index is 13.3. The average Bonchev–Trinajstić information content (AvgIpc) is 2.98. The second-order valence-corrected chi connectivity index (χ2v) is 6.96. The van der Waals surface area contributed by atoms with Gasteiger partial charge < -0.3 is 15.5 Å². The zero-order valence-corrected chi connectivity index (χ0v) is 15.7. The van der Waals surface area contributed by atoms with Gasteiger partial charge in [-0.1, -0.05) is 6.07 Å². The van der Waals surface area contributed by atoms with Crippen LogP contribution in [0.3, 0.4) is 0 Å². The minimum Gasteiger partial charge on any atom is -0.333 e. The molecule has 3 rings (SSSR count). The minimum atomic E-state index is -4.87. The van der Waals surface area contributed by atoms with Crippen LogP contribution in [0.5, 0.6) is 0 Å². The highest BCUT2D eigenvalue weighted by Crippen LogP contribution is 2.33. The van der Waals surface area contributed by atoms with Crippen LogP contribution in [0.15, 0.2) is 36.4 Å². The monoisotopic (exact) mass is 409 g/mol. The Hall–Kier alpha value is -3.10. The molecule has 0 bridgehead atoms. The van der Waals surface area contributed by atoms with Crippen LogP contribution in [0, 0.1) is 19.7 Å². The molecule has 0 saturated carbocycles. The van der Waals surface area contributed by atoms with E-state index >= 15 is 0 Å². The third-order valence-electron chi connectivity index (χ3n) is 4.79. The number of anilines is 2. The second kappa shape index (κ2) is 7.73. The van der Waals surface area contributed by atoms with E-state index in [-0.39, 0.29) is 24.6 Å². The maximum absolute atomic E-state index is 13.3. The van der Waals surface area contributed by atoms with E-state index in [4.69, 9.17) is 0 Å². The molecule has 0 spiro atoms. The zero-order valence-electron chi connectivity index (χ0n) is 15.7. The predicted molar refractivity (Wildman–Crippen MR) is 100 cm³/mol. The Morgan fingerprint density at radius 2 is 1.83 bits per heavy atom. The Balaban J connectivity index is 1.65. The van der Waals surface area contributed by atoms with Gasteiger partial charge in [0.2, 0.25) is 5.91 Å². The van der Waals surface area contributed by atoms with Gasteiger partial charge in [-0.3, -0.25) is 4.79 Å². The molecule has 1 aliphatic rings. The van der Waals surface area contributed by atoms with Crippen molar-refractivity contribution in [3.05, 3.63) is 58.9 Å². The lowest BCUT2D eigenvalue weighted by Gasteiger charge is -2.18. The highest BCUT2D eigenvalue weighted by molar-refractivity contribution is 5.97. The van der Waals surface area contributed by atoms with E-state index in [2.05, 4.69) is 10.6 Å². The first-order valence-corrected chi connectivity index (χ1v) is 8.86. The standard InChI is InChI=1S/C20H19F4N3O2/c1-11-3-5-15(7-12(11)2)27-10-14(9-18(27)28)26-19(29)25-13-4-6-17(21)16(8-13)20(22,23)24/h3-8,14H,9-10H2,1-2H3,(H2,25,26,29). The van der Waals surface area contributed by atoms with Crippen molar-refractivity contribution in [3.8, 4) is 0 Å². The number of nitrogens with zero attached hydrogens (tertiary/aromatic N) is 1. The van der Waals surface area contributed by atoms with Crippen LogP contribution >= 0.6 is 0 Å². The summed E-state index contributed by atoms with van der Waals surface area (Å²) in [6.07, 6.45) is -4.81. The fraction of sp³-hybridized carbons (Fsp3) is 0.300. The minimum absolute atomic E-state index is 0.0670. The number of carbonyl (C=O) groups is 2. The first-order chi connectivity index (χ1) is 13.5. The zero-order chi connectivity index (χ0) is 21.3. The van der Waals surface area contributed by atoms with Gasteiger partial charge in [-0.2, -0.15) is 13.2 Å². The van der Waals surface area contributed by atoms with Crippen LogP contribution in [0.4, 0.5) is 33.7 Å². The van der Waals surface area contributed by atoms with Crippen molar-refractivity contribution in [3.63, 3.8) is 0 Å². The predicted octanol–water partition coefficient (Wildman–Crippen LogP) is 4.39. The number of aryl methyl sites for hydroxylation is 2. The molecule has 1 saturated heterocycles. The molecule has 29 heavy (non-hydrogen) atoms. The van der Waals surface area contributed by atoms with E-state index < -0.39 is 29.6 Å². The van der Waals surface area contributed by atoms with Gasteiger partial charge in [0, 0.05) is 24.3 Å². The molecule has 0 radical (unpaired) electrons. The van der Waals surface area contributed by atoms with Crippen LogP contribution in [0.25, 0.3) is 0 Å². The van der Waals surface area contributed by atoms with Gasteiger partial charge in [0.1, 0.15) is 5.82 Å². The number of rotatable bonds is 3. The van der Waals surface area contributed by atoms with Crippen molar-refractivity contribution in [1.29, 1.82) is 0 Å². The van der Waals surface area contributed by atoms with Gasteiger partial charge in [0.15, 0.2) is 0 Å². The Labute approximate surface area is 164 Å². The van der Waals surface area contributed by atoms with Crippen LogP contribution in [-0.4, -0.2) is 24.5 Å². The molecular formula is C20H19F4N3O2. The number of amides is 3. The Bertz CT molecular complexity index is 959. The first-order valence-electron chi connectivity index (χ1n) is 8.86. The molecule has 1 unspecified atom stereocenters. The van der Waals surface area contributed by atoms with Crippen molar-refractivity contribution < 1.29 is 27.2 Å². The van der Waals surface area contributed by atoms with Crippen LogP contribution < -0.4 is 15.5 Å². The Kier molecular flexibility index (Phi) is 5.50. The van der Waals surface area contributed by atoms with Crippen molar-refractivity contribution in [2.45, 2.75) is 32.5 Å². The number of urea groups is 1. The van der Waals surface area contributed by atoms with E-state index in [1.165, 1.54) is 0 Å². The summed E-state index contributed by atoms with van der Waals surface area (Å²) in [5.74, 6) is -1.59. The normalized spacial score (nSPS) is 16.8. The molecule has 1 fully saturated rings. The van der Waals surface area contributed by atoms with E-state index in [1.54, 1.807) is 4.90 Å². The SMILES string of the molecule is Cc1ccc(N2CC(NC(=O)Nc3ccc(F)c(C(F)(F)F)c3)CC2=O)cc1C. The van der Waals surface area contributed by atoms with E-state index in [0.29, 0.717) is 12.1 Å². The summed E-state index contributed by atoms with van der Waals surface area (Å²) in [6.45, 7) is 4.13. The molecule has 154 valence electrons. The summed E-state index contributed by atoms with van der Waals surface area (Å²) >= 11 is 0. The lowest BCUT2D eigenvalue weighted by atomic mass is 10.1. The van der Waals surface area contributed by atoms with E-state index in [0.717, 1.165) is 22.9 Å². The fourth-order valence-corrected chi connectivity index (χ4v) is 3.12.